The van der Waals surface area contributed by atoms with Gasteiger partial charge in [0.05, 0.1) is 11.9 Å². The van der Waals surface area contributed by atoms with Crippen LogP contribution in [-0.2, 0) is 12.8 Å². The number of halogens is 2. The second-order valence-corrected chi connectivity index (χ2v) is 10.0. The second-order valence-electron chi connectivity index (χ2n) is 10.0. The van der Waals surface area contributed by atoms with Gasteiger partial charge in [-0.05, 0) is 73.8 Å². The van der Waals surface area contributed by atoms with E-state index in [0.717, 1.165) is 22.5 Å². The number of nitrogens with zero attached hydrogens (tertiary/aromatic N) is 3. The van der Waals surface area contributed by atoms with Crippen LogP contribution in [0.3, 0.4) is 0 Å². The summed E-state index contributed by atoms with van der Waals surface area (Å²) in [7, 11) is 0. The van der Waals surface area contributed by atoms with Gasteiger partial charge in [0.25, 0.3) is 0 Å². The van der Waals surface area contributed by atoms with Crippen molar-refractivity contribution in [2.75, 3.05) is 25.0 Å². The van der Waals surface area contributed by atoms with Crippen molar-refractivity contribution < 1.29 is 8.78 Å². The lowest BCUT2D eigenvalue weighted by molar-refractivity contribution is 0.501. The summed E-state index contributed by atoms with van der Waals surface area (Å²) in [4.78, 5) is 8.88. The number of nitrogens with one attached hydrogen (secondary N) is 5. The molecule has 0 radical (unpaired) electrons. The molecule has 0 fully saturated rings. The molecule has 2 aromatic heterocycles. The second kappa shape index (κ2) is 14.5. The van der Waals surface area contributed by atoms with Crippen molar-refractivity contribution in [2.24, 2.45) is 11.5 Å². The Labute approximate surface area is 249 Å². The smallest absolute Gasteiger partial charge is 0.180 e. The standard InChI is InChI=1S/C31H38F2N10/c1-3-20-17-22(7-9-23(20)29(37)39-14-13-38-19(2)25(36)10-12-35)42-30-31-41-18-26(43(31)16-15-40-30)24-8-6-21(5-4-11-34)27(32)28(24)33/h6-9,11,15-18,25,34,38H,2-5,10,12-14,35-36H2,1H3,(H2,37,39)(H,40,42). The van der Waals surface area contributed by atoms with Crippen LogP contribution < -0.4 is 27.4 Å². The predicted octanol–water partition coefficient (Wildman–Crippen LogP) is 4.26. The molecule has 0 aliphatic rings. The van der Waals surface area contributed by atoms with E-state index >= 15 is 4.39 Å². The van der Waals surface area contributed by atoms with E-state index < -0.39 is 11.6 Å². The number of aryl methyl sites for hydroxylation is 2. The van der Waals surface area contributed by atoms with Crippen molar-refractivity contribution in [1.29, 1.82) is 10.8 Å². The van der Waals surface area contributed by atoms with E-state index in [1.54, 1.807) is 22.9 Å². The summed E-state index contributed by atoms with van der Waals surface area (Å²) in [6.45, 7) is 7.54. The first-order valence-electron chi connectivity index (χ1n) is 14.2. The van der Waals surface area contributed by atoms with Gasteiger partial charge in [-0.1, -0.05) is 19.6 Å². The largest absolute Gasteiger partial charge is 0.386 e. The summed E-state index contributed by atoms with van der Waals surface area (Å²) in [6, 6.07) is 8.55. The fourth-order valence-corrected chi connectivity index (χ4v) is 4.75. The molecule has 4 rings (SSSR count). The number of fused-ring (bicyclic) bond motifs is 1. The highest BCUT2D eigenvalue weighted by Crippen LogP contribution is 2.30. The van der Waals surface area contributed by atoms with Gasteiger partial charge in [0.15, 0.2) is 23.1 Å². The minimum absolute atomic E-state index is 0.0855. The molecule has 226 valence electrons. The molecule has 10 nitrogen and oxygen atoms in total. The van der Waals surface area contributed by atoms with Crippen LogP contribution in [0.15, 0.2) is 61.2 Å². The van der Waals surface area contributed by atoms with Crippen molar-refractivity contribution in [1.82, 2.24) is 25.0 Å². The molecule has 12 heteroatoms. The Morgan fingerprint density at radius 3 is 2.65 bits per heavy atom. The molecule has 0 saturated heterocycles. The highest BCUT2D eigenvalue weighted by molar-refractivity contribution is 5.98. The number of amidine groups is 1. The molecule has 1 unspecified atom stereocenters. The topological polar surface area (TPSA) is 166 Å². The molecule has 0 spiro atoms. The summed E-state index contributed by atoms with van der Waals surface area (Å²) in [5.74, 6) is -1.12. The van der Waals surface area contributed by atoms with Gasteiger partial charge >= 0.3 is 0 Å². The van der Waals surface area contributed by atoms with E-state index in [9.17, 15) is 4.39 Å². The lowest BCUT2D eigenvalue weighted by Gasteiger charge is -2.17. The average molecular weight is 589 g/mol. The zero-order valence-corrected chi connectivity index (χ0v) is 24.2. The van der Waals surface area contributed by atoms with Crippen LogP contribution in [0.25, 0.3) is 16.9 Å². The van der Waals surface area contributed by atoms with E-state index in [2.05, 4.69) is 32.5 Å². The minimum Gasteiger partial charge on any atom is -0.386 e. The highest BCUT2D eigenvalue weighted by Gasteiger charge is 2.19. The maximum absolute atomic E-state index is 15.1. The van der Waals surface area contributed by atoms with Crippen LogP contribution in [0.1, 0.15) is 36.5 Å². The quantitative estimate of drug-likeness (QED) is 0.0619. The van der Waals surface area contributed by atoms with Crippen molar-refractivity contribution in [3.63, 3.8) is 0 Å². The normalized spacial score (nSPS) is 11.7. The number of anilines is 2. The molecule has 2 aromatic carbocycles. The van der Waals surface area contributed by atoms with E-state index in [-0.39, 0.29) is 23.6 Å². The third-order valence-electron chi connectivity index (χ3n) is 7.15. The molecule has 0 aliphatic heterocycles. The first-order chi connectivity index (χ1) is 20.8. The zero-order valence-electron chi connectivity index (χ0n) is 24.2. The van der Waals surface area contributed by atoms with Gasteiger partial charge in [0.2, 0.25) is 0 Å². The molecule has 0 amide bonds. The Bertz CT molecular complexity index is 1610. The number of imidazole rings is 1. The molecular formula is C31H38F2N10. The molecule has 43 heavy (non-hydrogen) atoms. The van der Waals surface area contributed by atoms with Gasteiger partial charge in [-0.25, -0.2) is 18.7 Å². The predicted molar refractivity (Wildman–Crippen MR) is 168 cm³/mol. The number of aromatic nitrogens is 3. The fourth-order valence-electron chi connectivity index (χ4n) is 4.75. The Morgan fingerprint density at radius 2 is 1.91 bits per heavy atom. The molecule has 2 heterocycles. The lowest BCUT2D eigenvalue weighted by Crippen LogP contribution is -2.37. The Balaban J connectivity index is 1.48. The van der Waals surface area contributed by atoms with Crippen LogP contribution in [0.5, 0.6) is 0 Å². The number of rotatable bonds is 15. The first kappa shape index (κ1) is 31.3. The Morgan fingerprint density at radius 1 is 1.12 bits per heavy atom. The molecule has 4 aromatic rings. The van der Waals surface area contributed by atoms with E-state index in [1.807, 2.05) is 25.1 Å². The van der Waals surface area contributed by atoms with Crippen molar-refractivity contribution in [2.45, 2.75) is 38.6 Å². The molecule has 0 aliphatic carbocycles. The van der Waals surface area contributed by atoms with E-state index in [4.69, 9.17) is 22.3 Å². The summed E-state index contributed by atoms with van der Waals surface area (Å²) >= 11 is 0. The van der Waals surface area contributed by atoms with Gasteiger partial charge in [0.1, 0.15) is 5.84 Å². The van der Waals surface area contributed by atoms with Gasteiger partial charge in [-0.2, -0.15) is 0 Å². The van der Waals surface area contributed by atoms with E-state index in [1.165, 1.54) is 18.5 Å². The molecule has 0 saturated carbocycles. The maximum Gasteiger partial charge on any atom is 0.180 e. The van der Waals surface area contributed by atoms with Gasteiger partial charge in [-0.15, -0.1) is 0 Å². The first-order valence-corrected chi connectivity index (χ1v) is 14.2. The SMILES string of the molecule is C=C(NCCNC(=N)c1ccc(Nc2nccn3c(-c4ccc(CCC=N)c(F)c4F)cnc23)cc1CC)C(N)CCN. The van der Waals surface area contributed by atoms with Crippen LogP contribution in [0, 0.1) is 22.5 Å². The van der Waals surface area contributed by atoms with Crippen LogP contribution in [-0.4, -0.2) is 52.1 Å². The summed E-state index contributed by atoms with van der Waals surface area (Å²) in [6.07, 6.45) is 7.82. The Hall–Kier alpha value is -4.68. The third kappa shape index (κ3) is 7.22. The van der Waals surface area contributed by atoms with Gasteiger partial charge in [0, 0.05) is 54.0 Å². The zero-order chi connectivity index (χ0) is 30.9. The van der Waals surface area contributed by atoms with Crippen molar-refractivity contribution in [3.8, 4) is 11.3 Å². The molecule has 9 N–H and O–H groups in total. The fraction of sp³-hybridized carbons (Fsp3) is 0.290. The molecule has 1 atom stereocenters. The van der Waals surface area contributed by atoms with Gasteiger partial charge in [-0.3, -0.25) is 9.81 Å². The number of hydrogen-bond donors (Lipinski definition) is 7. The minimum atomic E-state index is -0.953. The lowest BCUT2D eigenvalue weighted by atomic mass is 10.0. The van der Waals surface area contributed by atoms with Crippen LogP contribution in [0.4, 0.5) is 20.3 Å². The number of nitrogens with two attached hydrogens (primary N) is 2. The number of benzene rings is 2. The van der Waals surface area contributed by atoms with Crippen LogP contribution in [0.2, 0.25) is 0 Å². The molecule has 0 bridgehead atoms. The number of hydrogen-bond acceptors (Lipinski definition) is 8. The maximum atomic E-state index is 15.1. The average Bonchev–Trinajstić information content (AvgIpc) is 3.44. The van der Waals surface area contributed by atoms with Gasteiger partial charge < -0.3 is 32.8 Å². The summed E-state index contributed by atoms with van der Waals surface area (Å²) in [5, 5.41) is 25.3. The van der Waals surface area contributed by atoms with Crippen LogP contribution >= 0.6 is 0 Å². The van der Waals surface area contributed by atoms with Crippen molar-refractivity contribution >= 4 is 29.2 Å². The third-order valence-corrected chi connectivity index (χ3v) is 7.15. The highest BCUT2D eigenvalue weighted by atomic mass is 19.2. The van der Waals surface area contributed by atoms with E-state index in [0.29, 0.717) is 61.9 Å². The Kier molecular flexibility index (Phi) is 10.5. The summed E-state index contributed by atoms with van der Waals surface area (Å²) in [5.41, 5.74) is 15.9. The monoisotopic (exact) mass is 588 g/mol. The summed E-state index contributed by atoms with van der Waals surface area (Å²) < 4.78 is 31.5. The van der Waals surface area contributed by atoms with Crippen molar-refractivity contribution in [3.05, 3.63) is 89.5 Å². The molecular weight excluding hydrogens is 550 g/mol.